The molecule has 0 bridgehead atoms. The van der Waals surface area contributed by atoms with Crippen LogP contribution in [0.1, 0.15) is 6.92 Å². The molecule has 0 saturated heterocycles. The number of hydrogen-bond acceptors (Lipinski definition) is 4. The second-order valence-corrected chi connectivity index (χ2v) is 2.17. The van der Waals surface area contributed by atoms with Crippen LogP contribution < -0.4 is 5.73 Å². The Morgan fingerprint density at radius 1 is 1.80 bits per heavy atom. The average molecular weight is 145 g/mol. The zero-order chi connectivity index (χ0) is 8.15. The minimum absolute atomic E-state index is 0.500. The van der Waals surface area contributed by atoms with E-state index >= 15 is 0 Å². The third-order valence-electron chi connectivity index (χ3n) is 1.10. The van der Waals surface area contributed by atoms with E-state index in [4.69, 9.17) is 15.6 Å². The van der Waals surface area contributed by atoms with Crippen molar-refractivity contribution in [3.63, 3.8) is 0 Å². The van der Waals surface area contributed by atoms with Crippen LogP contribution in [0.25, 0.3) is 0 Å². The van der Waals surface area contributed by atoms with Gasteiger partial charge in [0.15, 0.2) is 0 Å². The van der Waals surface area contributed by atoms with Crippen molar-refractivity contribution in [2.45, 2.75) is 25.3 Å². The molecule has 0 aromatic carbocycles. The summed E-state index contributed by atoms with van der Waals surface area (Å²) in [6, 6.07) is -0.500. The van der Waals surface area contributed by atoms with Crippen molar-refractivity contribution in [2.75, 3.05) is 0 Å². The highest BCUT2D eigenvalue weighted by Gasteiger charge is 2.12. The summed E-state index contributed by atoms with van der Waals surface area (Å²) in [6.45, 7) is 1.59. The number of carbonyl (C=O) groups excluding carboxylic acids is 1. The largest absolute Gasteiger partial charge is 0.377 e. The van der Waals surface area contributed by atoms with Gasteiger partial charge in [-0.3, -0.25) is 0 Å². The Labute approximate surface area is 60.8 Å². The van der Waals surface area contributed by atoms with E-state index in [9.17, 15) is 4.79 Å². The maximum absolute atomic E-state index is 10.0. The highest BCUT2D eigenvalue weighted by Crippen LogP contribution is 1.93. The number of nitrogens with two attached hydrogens (primary N) is 1. The molecule has 0 fully saturated rings. The topological polar surface area (TPSA) is 72.5 Å². The van der Waals surface area contributed by atoms with Gasteiger partial charge in [0, 0.05) is 0 Å². The summed E-state index contributed by atoms with van der Waals surface area (Å²) < 4.78 is 4.92. The van der Waals surface area contributed by atoms with Gasteiger partial charge in [0.25, 0.3) is 0 Å². The monoisotopic (exact) mass is 145 g/mol. The molecule has 0 spiro atoms. The summed E-state index contributed by atoms with van der Waals surface area (Å²) in [5.41, 5.74) is 5.05. The third kappa shape index (κ3) is 3.60. The van der Waals surface area contributed by atoms with E-state index in [1.165, 1.54) is 0 Å². The first-order valence-corrected chi connectivity index (χ1v) is 3.12. The van der Waals surface area contributed by atoms with Gasteiger partial charge < -0.3 is 20.4 Å². The second kappa shape index (κ2) is 4.43. The molecule has 0 saturated carbocycles. The lowest BCUT2D eigenvalue weighted by Crippen LogP contribution is -2.39. The van der Waals surface area contributed by atoms with Crippen molar-refractivity contribution in [1.29, 1.82) is 0 Å². The van der Waals surface area contributed by atoms with Crippen LogP contribution in [-0.2, 0) is 9.53 Å². The maximum Gasteiger partial charge on any atom is 0.148 e. The quantitative estimate of drug-likeness (QED) is 0.268. The first-order chi connectivity index (χ1) is 4.57. The lowest BCUT2D eigenvalue weighted by atomic mass is 9.98. The fraction of sp³-hybridized carbons (Fsp3) is 0.800. The molecule has 3 unspecified atom stereocenters. The molecule has 4 nitrogen and oxygen atoms in total. The van der Waals surface area contributed by atoms with Crippen LogP contribution in [0.4, 0.5) is 0 Å². The second-order valence-electron chi connectivity index (χ2n) is 2.17. The first-order valence-electron chi connectivity index (χ1n) is 3.12. The molecule has 0 aliphatic carbocycles. The van der Waals surface area contributed by atoms with Gasteiger partial charge in [-0.2, -0.15) is 0 Å². The number of hydrogen-bond donors (Lipinski definition) is 2. The summed E-state index contributed by atoms with van der Waals surface area (Å²) in [5, 5.41) is 8.70. The summed E-state index contributed by atoms with van der Waals surface area (Å²) in [7, 11) is 1.60. The van der Waals surface area contributed by atoms with Gasteiger partial charge in [0.05, 0.1) is 6.00 Å². The van der Waals surface area contributed by atoms with Crippen LogP contribution in [-0.4, -0.2) is 37.6 Å². The van der Waals surface area contributed by atoms with E-state index in [0.29, 0.717) is 6.29 Å². The van der Waals surface area contributed by atoms with Gasteiger partial charge in [-0.05, 0) is 6.92 Å². The summed E-state index contributed by atoms with van der Waals surface area (Å²) in [5.74, 6) is 0. The number of ether oxygens (including phenoxy) is 1. The zero-order valence-electron chi connectivity index (χ0n) is 6.15. The molecule has 58 valence electrons. The predicted octanol–water partition coefficient (Wildman–Crippen LogP) is -2.17. The summed E-state index contributed by atoms with van der Waals surface area (Å²) in [4.78, 5) is 10.0. The highest BCUT2D eigenvalue weighted by atomic mass is 16.5. The van der Waals surface area contributed by atoms with Crippen LogP contribution in [0, 0.1) is 0 Å². The number of aldehydes is 1. The summed E-state index contributed by atoms with van der Waals surface area (Å²) >= 11 is 0. The van der Waals surface area contributed by atoms with Gasteiger partial charge in [-0.15, -0.1) is 0 Å². The van der Waals surface area contributed by atoms with Crippen LogP contribution in [0.2, 0.25) is 0 Å². The van der Waals surface area contributed by atoms with Crippen molar-refractivity contribution in [1.82, 2.24) is 0 Å². The van der Waals surface area contributed by atoms with Gasteiger partial charge in [-0.1, -0.05) is 0 Å². The van der Waals surface area contributed by atoms with Crippen LogP contribution in [0.5, 0.6) is 0 Å². The van der Waals surface area contributed by atoms with E-state index in [1.807, 2.05) is 0 Å². The molecule has 10 heavy (non-hydrogen) atoms. The Bertz CT molecular complexity index is 109. The summed E-state index contributed by atoms with van der Waals surface area (Å²) in [6.07, 6.45) is -0.880. The molecular weight excluding hydrogens is 133 g/mol. The van der Waals surface area contributed by atoms with Crippen molar-refractivity contribution in [3.8, 4) is 0 Å². The Kier molecular flexibility index (Phi) is 4.26. The third-order valence-corrected chi connectivity index (χ3v) is 1.10. The number of carbonyl (C=O) groups is 1. The molecule has 0 aromatic rings. The Balaban J connectivity index is 3.56. The molecule has 3 atom stereocenters. The van der Waals surface area contributed by atoms with E-state index < -0.39 is 18.3 Å². The fourth-order valence-electron chi connectivity index (χ4n) is 0.451. The molecule has 0 radical (unpaired) electrons. The van der Waals surface area contributed by atoms with Gasteiger partial charge >= 0.3 is 0 Å². The predicted molar refractivity (Wildman–Crippen MR) is 39.1 cm³/mol. The standard InChI is InChI=1S/C5H12BNO3/c1-3(2-8)10-4(6)5(7)9/h2-5,9H,6-7H2,1H3. The molecule has 0 aromatic heterocycles. The highest BCUT2D eigenvalue weighted by molar-refractivity contribution is 6.11. The lowest BCUT2D eigenvalue weighted by molar-refractivity contribution is -0.120. The van der Waals surface area contributed by atoms with Gasteiger partial charge in [-0.25, -0.2) is 0 Å². The minimum Gasteiger partial charge on any atom is -0.377 e. The minimum atomic E-state index is -1.03. The van der Waals surface area contributed by atoms with Crippen LogP contribution in [0.15, 0.2) is 0 Å². The maximum atomic E-state index is 10.0. The van der Waals surface area contributed by atoms with E-state index in [-0.39, 0.29) is 0 Å². The lowest BCUT2D eigenvalue weighted by Gasteiger charge is -2.17. The molecule has 5 heteroatoms. The molecule has 0 heterocycles. The molecule has 3 N–H and O–H groups in total. The molecule has 0 amide bonds. The number of rotatable bonds is 4. The Morgan fingerprint density at radius 3 is 2.60 bits per heavy atom. The SMILES string of the molecule is BC(OC(C)C=O)C(N)O. The van der Waals surface area contributed by atoms with E-state index in [1.54, 1.807) is 14.8 Å². The van der Waals surface area contributed by atoms with Crippen LogP contribution >= 0.6 is 0 Å². The Morgan fingerprint density at radius 2 is 2.30 bits per heavy atom. The van der Waals surface area contributed by atoms with E-state index in [0.717, 1.165) is 0 Å². The number of aliphatic hydroxyl groups excluding tert-OH is 1. The smallest absolute Gasteiger partial charge is 0.148 e. The van der Waals surface area contributed by atoms with E-state index in [2.05, 4.69) is 0 Å². The molecule has 0 aliphatic rings. The first kappa shape index (κ1) is 9.61. The average Bonchev–Trinajstić information content (AvgIpc) is 1.87. The molecular formula is C5H12BNO3. The Hall–Kier alpha value is -0.385. The normalized spacial score (nSPS) is 19.5. The molecule has 0 rings (SSSR count). The zero-order valence-corrected chi connectivity index (χ0v) is 6.15. The van der Waals surface area contributed by atoms with Gasteiger partial charge in [0.1, 0.15) is 26.5 Å². The number of aliphatic hydroxyl groups is 1. The van der Waals surface area contributed by atoms with Crippen molar-refractivity contribution < 1.29 is 14.6 Å². The molecule has 0 aliphatic heterocycles. The van der Waals surface area contributed by atoms with Crippen molar-refractivity contribution in [3.05, 3.63) is 0 Å². The fourth-order valence-corrected chi connectivity index (χ4v) is 0.451. The van der Waals surface area contributed by atoms with Crippen LogP contribution in [0.3, 0.4) is 0 Å². The van der Waals surface area contributed by atoms with Crippen molar-refractivity contribution >= 4 is 14.1 Å². The van der Waals surface area contributed by atoms with Crippen molar-refractivity contribution in [2.24, 2.45) is 5.73 Å². The van der Waals surface area contributed by atoms with Gasteiger partial charge in [0.2, 0.25) is 0 Å².